The van der Waals surface area contributed by atoms with Crippen molar-refractivity contribution in [2.45, 2.75) is 0 Å². The van der Waals surface area contributed by atoms with Crippen molar-refractivity contribution in [3.05, 3.63) is 41.1 Å². The molecular weight excluding hydrogens is 280 g/mol. The fourth-order valence-electron chi connectivity index (χ4n) is 1.57. The van der Waals surface area contributed by atoms with E-state index in [2.05, 4.69) is 12.6 Å². The van der Waals surface area contributed by atoms with Gasteiger partial charge in [-0.2, -0.15) is 0 Å². The second-order valence-corrected chi connectivity index (χ2v) is 6.35. The van der Waals surface area contributed by atoms with Gasteiger partial charge in [-0.25, -0.2) is 0 Å². The first-order chi connectivity index (χ1) is 8.69. The van der Waals surface area contributed by atoms with Gasteiger partial charge in [0.2, 0.25) is 0 Å². The Labute approximate surface area is 119 Å². The minimum absolute atomic E-state index is 0.672. The average Bonchev–Trinajstić information content (AvgIpc) is 2.98. The van der Waals surface area contributed by atoms with E-state index in [0.29, 0.717) is 11.4 Å². The highest BCUT2D eigenvalue weighted by Gasteiger charge is 2.17. The normalized spacial score (nSPS) is 11.7. The molecule has 0 fully saturated rings. The highest BCUT2D eigenvalue weighted by Crippen LogP contribution is 2.47. The molecule has 5 heteroatoms. The first-order valence-electron chi connectivity index (χ1n) is 5.27. The average molecular weight is 294 g/mol. The fraction of sp³-hybridized carbons (Fsp3) is 0.0769. The van der Waals surface area contributed by atoms with Crippen molar-refractivity contribution < 1.29 is 0 Å². The summed E-state index contributed by atoms with van der Waals surface area (Å²) in [6, 6.07) is 4.08. The Hall–Kier alpha value is -1.17. The van der Waals surface area contributed by atoms with Crippen LogP contribution in [-0.2, 0) is 0 Å². The minimum Gasteiger partial charge on any atom is -0.396 e. The van der Waals surface area contributed by atoms with Crippen LogP contribution in [-0.4, -0.2) is 6.26 Å². The maximum atomic E-state index is 6.12. The maximum Gasteiger partial charge on any atom is 0.0752 e. The van der Waals surface area contributed by atoms with E-state index < -0.39 is 0 Å². The van der Waals surface area contributed by atoms with Gasteiger partial charge in [0.25, 0.3) is 0 Å². The number of hydrogen-bond donors (Lipinski definition) is 2. The Morgan fingerprint density at radius 1 is 1.39 bits per heavy atom. The van der Waals surface area contributed by atoms with Gasteiger partial charge in [0.1, 0.15) is 0 Å². The molecule has 94 valence electrons. The molecule has 0 saturated heterocycles. The molecule has 2 heterocycles. The number of allylic oxidation sites excluding steroid dienone is 2. The highest BCUT2D eigenvalue weighted by atomic mass is 32.2. The van der Waals surface area contributed by atoms with E-state index >= 15 is 0 Å². The quantitative estimate of drug-likeness (QED) is 0.814. The number of rotatable bonds is 4. The largest absolute Gasteiger partial charge is 0.396 e. The molecule has 0 atom stereocenters. The van der Waals surface area contributed by atoms with Crippen molar-refractivity contribution in [1.29, 1.82) is 0 Å². The van der Waals surface area contributed by atoms with E-state index in [-0.39, 0.29) is 0 Å². The molecular formula is C13H14N2S3. The van der Waals surface area contributed by atoms with E-state index in [4.69, 9.17) is 11.5 Å². The van der Waals surface area contributed by atoms with Crippen LogP contribution in [0.3, 0.4) is 0 Å². The predicted molar refractivity (Wildman–Crippen MR) is 88.1 cm³/mol. The van der Waals surface area contributed by atoms with Crippen molar-refractivity contribution in [3.8, 4) is 9.75 Å². The highest BCUT2D eigenvalue weighted by molar-refractivity contribution is 8.07. The molecule has 0 aliphatic rings. The van der Waals surface area contributed by atoms with Crippen LogP contribution in [0.25, 0.3) is 14.7 Å². The van der Waals surface area contributed by atoms with Gasteiger partial charge in [0.05, 0.1) is 21.1 Å². The van der Waals surface area contributed by atoms with Gasteiger partial charge in [0, 0.05) is 9.78 Å². The van der Waals surface area contributed by atoms with Crippen LogP contribution < -0.4 is 11.5 Å². The molecule has 4 N–H and O–H groups in total. The zero-order valence-corrected chi connectivity index (χ0v) is 12.4. The lowest BCUT2D eigenvalue weighted by atomic mass is 10.2. The van der Waals surface area contributed by atoms with Gasteiger partial charge in [-0.3, -0.25) is 0 Å². The lowest BCUT2D eigenvalue weighted by Crippen LogP contribution is -1.93. The number of hydrogen-bond acceptors (Lipinski definition) is 5. The van der Waals surface area contributed by atoms with E-state index in [1.165, 1.54) is 0 Å². The van der Waals surface area contributed by atoms with Gasteiger partial charge in [-0.05, 0) is 23.8 Å². The van der Waals surface area contributed by atoms with Gasteiger partial charge in [-0.15, -0.1) is 34.4 Å². The second kappa shape index (κ2) is 5.65. The first-order valence-corrected chi connectivity index (χ1v) is 8.19. The molecule has 0 unspecified atom stereocenters. The molecule has 0 aromatic carbocycles. The van der Waals surface area contributed by atoms with Crippen LogP contribution in [0.2, 0.25) is 0 Å². The predicted octanol–water partition coefficient (Wildman–Crippen LogP) is 4.53. The van der Waals surface area contributed by atoms with Crippen LogP contribution in [0, 0.1) is 0 Å². The molecule has 0 spiro atoms. The minimum atomic E-state index is 0.672. The third kappa shape index (κ3) is 2.34. The summed E-state index contributed by atoms with van der Waals surface area (Å²) in [5.74, 6) is 0. The van der Waals surface area contributed by atoms with Crippen molar-refractivity contribution >= 4 is 50.7 Å². The molecule has 0 saturated carbocycles. The van der Waals surface area contributed by atoms with Crippen molar-refractivity contribution in [2.24, 2.45) is 0 Å². The summed E-state index contributed by atoms with van der Waals surface area (Å²) < 4.78 is 0. The zero-order valence-electron chi connectivity index (χ0n) is 9.97. The first kappa shape index (κ1) is 13.3. The van der Waals surface area contributed by atoms with Gasteiger partial charge in [0.15, 0.2) is 0 Å². The van der Waals surface area contributed by atoms with Gasteiger partial charge < -0.3 is 11.5 Å². The third-order valence-electron chi connectivity index (χ3n) is 2.44. The summed E-state index contributed by atoms with van der Waals surface area (Å²) in [7, 11) is 0. The van der Waals surface area contributed by atoms with Crippen LogP contribution in [0.5, 0.6) is 0 Å². The number of nitrogens with two attached hydrogens (primary N) is 2. The number of anilines is 2. The Morgan fingerprint density at radius 2 is 2.17 bits per heavy atom. The molecule has 0 bridgehead atoms. The van der Waals surface area contributed by atoms with Crippen molar-refractivity contribution in [2.75, 3.05) is 17.7 Å². The lowest BCUT2D eigenvalue weighted by Gasteiger charge is -2.01. The zero-order chi connectivity index (χ0) is 13.1. The molecule has 2 rings (SSSR count). The Kier molecular flexibility index (Phi) is 4.16. The summed E-state index contributed by atoms with van der Waals surface area (Å²) in [6.07, 6.45) is 5.76. The van der Waals surface area contributed by atoms with Crippen molar-refractivity contribution in [3.63, 3.8) is 0 Å². The van der Waals surface area contributed by atoms with E-state index in [9.17, 15) is 0 Å². The Bertz CT molecular complexity index is 580. The monoisotopic (exact) mass is 294 g/mol. The molecule has 0 aliphatic carbocycles. The van der Waals surface area contributed by atoms with Crippen molar-refractivity contribution in [1.82, 2.24) is 0 Å². The standard InChI is InChI=1S/C13H14N2S3/c1-3-5-8(16-2)12-10(14)11(15)13(18-12)9-6-4-7-17-9/h3-7H,1,14-15H2,2H3/b8-5-. The summed E-state index contributed by atoms with van der Waals surface area (Å²) in [5, 5.41) is 2.04. The summed E-state index contributed by atoms with van der Waals surface area (Å²) in [6.45, 7) is 3.73. The molecule has 2 aromatic rings. The molecule has 2 aromatic heterocycles. The summed E-state index contributed by atoms with van der Waals surface area (Å²) in [5.41, 5.74) is 13.6. The van der Waals surface area contributed by atoms with Gasteiger partial charge in [-0.1, -0.05) is 18.7 Å². The fourth-order valence-corrected chi connectivity index (χ4v) is 4.41. The number of thiophene rings is 2. The topological polar surface area (TPSA) is 52.0 Å². The Morgan fingerprint density at radius 3 is 2.72 bits per heavy atom. The summed E-state index contributed by atoms with van der Waals surface area (Å²) >= 11 is 4.96. The van der Waals surface area contributed by atoms with E-state index in [0.717, 1.165) is 19.5 Å². The van der Waals surface area contributed by atoms with E-state index in [1.54, 1.807) is 40.5 Å². The maximum absolute atomic E-state index is 6.12. The molecule has 2 nitrogen and oxygen atoms in total. The summed E-state index contributed by atoms with van der Waals surface area (Å²) in [4.78, 5) is 4.35. The molecule has 0 aliphatic heterocycles. The van der Waals surface area contributed by atoms with Gasteiger partial charge >= 0.3 is 0 Å². The molecule has 18 heavy (non-hydrogen) atoms. The number of thioether (sulfide) groups is 1. The smallest absolute Gasteiger partial charge is 0.0752 e. The van der Waals surface area contributed by atoms with Crippen LogP contribution in [0.4, 0.5) is 11.4 Å². The third-order valence-corrected chi connectivity index (χ3v) is 5.66. The molecule has 0 amide bonds. The number of nitrogen functional groups attached to an aromatic ring is 2. The second-order valence-electron chi connectivity index (χ2n) is 3.54. The van der Waals surface area contributed by atoms with Crippen LogP contribution >= 0.6 is 34.4 Å². The van der Waals surface area contributed by atoms with Crippen LogP contribution in [0.15, 0.2) is 36.2 Å². The molecule has 0 radical (unpaired) electrons. The Balaban J connectivity index is 2.55. The SMILES string of the molecule is C=C/C=C(\SC)c1sc(-c2cccs2)c(N)c1N. The van der Waals surface area contributed by atoms with E-state index in [1.807, 2.05) is 23.8 Å². The lowest BCUT2D eigenvalue weighted by molar-refractivity contribution is 1.78. The van der Waals surface area contributed by atoms with Crippen LogP contribution in [0.1, 0.15) is 4.88 Å².